The molecule has 0 atom stereocenters. The van der Waals surface area contributed by atoms with Gasteiger partial charge in [0, 0.05) is 40.6 Å². The minimum Gasteiger partial charge on any atom is -0.491 e. The van der Waals surface area contributed by atoms with Gasteiger partial charge in [0.25, 0.3) is 0 Å². The molecular formula is C17H18N2O2S. The van der Waals surface area contributed by atoms with Crippen molar-refractivity contribution in [3.63, 3.8) is 0 Å². The lowest BCUT2D eigenvalue weighted by molar-refractivity contribution is 0.317. The molecule has 2 heterocycles. The summed E-state index contributed by atoms with van der Waals surface area (Å²) < 4.78 is 6.29. The van der Waals surface area contributed by atoms with Crippen LogP contribution >= 0.6 is 11.3 Å². The molecule has 5 heteroatoms. The molecule has 0 radical (unpaired) electrons. The standard InChI is InChI=1S/C17H18N2O2S/c1-19(10-13-8-15(20)16(21-2)9-18-13)11-14-7-12-5-3-4-6-17(12)22-14/h3-9H,10-11H2,1-2H3,(H,18,20). The Morgan fingerprint density at radius 2 is 2.05 bits per heavy atom. The van der Waals surface area contributed by atoms with Crippen LogP contribution in [0.15, 0.2) is 47.4 Å². The quantitative estimate of drug-likeness (QED) is 0.786. The Kier molecular flexibility index (Phi) is 4.27. The fraction of sp³-hybridized carbons (Fsp3) is 0.235. The molecule has 0 aliphatic carbocycles. The van der Waals surface area contributed by atoms with Crippen molar-refractivity contribution in [2.75, 3.05) is 14.2 Å². The van der Waals surface area contributed by atoms with Gasteiger partial charge in [-0.05, 0) is 24.6 Å². The maximum atomic E-state index is 11.8. The predicted octanol–water partition coefficient (Wildman–Crippen LogP) is 3.23. The van der Waals surface area contributed by atoms with E-state index in [1.807, 2.05) is 18.4 Å². The van der Waals surface area contributed by atoms with Gasteiger partial charge in [0.05, 0.1) is 7.11 Å². The topological polar surface area (TPSA) is 45.3 Å². The number of pyridine rings is 1. The van der Waals surface area contributed by atoms with E-state index in [4.69, 9.17) is 4.74 Å². The zero-order valence-electron chi connectivity index (χ0n) is 12.6. The van der Waals surface area contributed by atoms with Crippen LogP contribution in [0.25, 0.3) is 10.1 Å². The first-order valence-electron chi connectivity index (χ1n) is 7.07. The summed E-state index contributed by atoms with van der Waals surface area (Å²) in [6, 6.07) is 12.2. The molecule has 114 valence electrons. The van der Waals surface area contributed by atoms with Crippen molar-refractivity contribution in [1.29, 1.82) is 0 Å². The molecule has 2 aromatic heterocycles. The summed E-state index contributed by atoms with van der Waals surface area (Å²) in [5.41, 5.74) is 0.793. The number of aromatic nitrogens is 1. The molecule has 1 aromatic carbocycles. The largest absolute Gasteiger partial charge is 0.491 e. The van der Waals surface area contributed by atoms with E-state index in [0.29, 0.717) is 12.3 Å². The number of hydrogen-bond donors (Lipinski definition) is 1. The van der Waals surface area contributed by atoms with Crippen LogP contribution in [0.3, 0.4) is 0 Å². The van der Waals surface area contributed by atoms with Gasteiger partial charge in [-0.3, -0.25) is 9.69 Å². The summed E-state index contributed by atoms with van der Waals surface area (Å²) in [6.07, 6.45) is 1.62. The fourth-order valence-electron chi connectivity index (χ4n) is 2.48. The number of thiophene rings is 1. The van der Waals surface area contributed by atoms with Gasteiger partial charge in [0.2, 0.25) is 5.43 Å². The van der Waals surface area contributed by atoms with Gasteiger partial charge in [-0.25, -0.2) is 0 Å². The smallest absolute Gasteiger partial charge is 0.223 e. The average Bonchev–Trinajstić information content (AvgIpc) is 2.89. The molecule has 0 saturated heterocycles. The van der Waals surface area contributed by atoms with Crippen LogP contribution in [0, 0.1) is 0 Å². The third-order valence-electron chi connectivity index (χ3n) is 3.50. The molecule has 22 heavy (non-hydrogen) atoms. The highest BCUT2D eigenvalue weighted by Gasteiger charge is 2.07. The van der Waals surface area contributed by atoms with Crippen LogP contribution in [-0.4, -0.2) is 24.0 Å². The lowest BCUT2D eigenvalue weighted by atomic mass is 10.2. The normalized spacial score (nSPS) is 11.2. The molecule has 0 aliphatic rings. The lowest BCUT2D eigenvalue weighted by Crippen LogP contribution is -2.19. The summed E-state index contributed by atoms with van der Waals surface area (Å²) in [7, 11) is 3.55. The molecule has 0 bridgehead atoms. The Morgan fingerprint density at radius 1 is 1.23 bits per heavy atom. The number of fused-ring (bicyclic) bond motifs is 1. The first kappa shape index (κ1) is 14.8. The highest BCUT2D eigenvalue weighted by molar-refractivity contribution is 7.19. The van der Waals surface area contributed by atoms with Crippen molar-refractivity contribution in [2.45, 2.75) is 13.1 Å². The molecule has 0 amide bonds. The Bertz CT molecular complexity index is 805. The van der Waals surface area contributed by atoms with Gasteiger partial charge in [-0.15, -0.1) is 11.3 Å². The van der Waals surface area contributed by atoms with Crippen molar-refractivity contribution in [3.8, 4) is 5.75 Å². The minimum absolute atomic E-state index is 0.0912. The molecule has 0 unspecified atom stereocenters. The minimum atomic E-state index is -0.0912. The van der Waals surface area contributed by atoms with Crippen molar-refractivity contribution < 1.29 is 4.74 Å². The lowest BCUT2D eigenvalue weighted by Gasteiger charge is -2.15. The predicted molar refractivity (Wildman–Crippen MR) is 90.6 cm³/mol. The summed E-state index contributed by atoms with van der Waals surface area (Å²) >= 11 is 1.81. The fourth-order valence-corrected chi connectivity index (χ4v) is 3.62. The van der Waals surface area contributed by atoms with Crippen LogP contribution in [0.4, 0.5) is 0 Å². The Labute approximate surface area is 133 Å². The van der Waals surface area contributed by atoms with E-state index in [1.165, 1.54) is 22.1 Å². The number of nitrogens with zero attached hydrogens (tertiary/aromatic N) is 1. The Hall–Kier alpha value is -2.11. The van der Waals surface area contributed by atoms with Gasteiger partial charge in [-0.1, -0.05) is 18.2 Å². The van der Waals surface area contributed by atoms with E-state index in [-0.39, 0.29) is 5.43 Å². The first-order chi connectivity index (χ1) is 10.7. The second-order valence-corrected chi connectivity index (χ2v) is 6.48. The highest BCUT2D eigenvalue weighted by atomic mass is 32.1. The van der Waals surface area contributed by atoms with Crippen LogP contribution < -0.4 is 10.2 Å². The monoisotopic (exact) mass is 314 g/mol. The number of rotatable bonds is 5. The number of benzene rings is 1. The van der Waals surface area contributed by atoms with Crippen LogP contribution in [0.1, 0.15) is 10.6 Å². The summed E-state index contributed by atoms with van der Waals surface area (Å²) in [4.78, 5) is 18.4. The maximum absolute atomic E-state index is 11.8. The summed E-state index contributed by atoms with van der Waals surface area (Å²) in [5.74, 6) is 0.343. The summed E-state index contributed by atoms with van der Waals surface area (Å²) in [6.45, 7) is 1.54. The third kappa shape index (κ3) is 3.21. The Balaban J connectivity index is 1.70. The number of hydrogen-bond acceptors (Lipinski definition) is 4. The maximum Gasteiger partial charge on any atom is 0.223 e. The SMILES string of the molecule is COc1c[nH]c(CN(C)Cc2cc3ccccc3s2)cc1=O. The average molecular weight is 314 g/mol. The zero-order valence-corrected chi connectivity index (χ0v) is 13.4. The third-order valence-corrected chi connectivity index (χ3v) is 4.60. The van der Waals surface area contributed by atoms with E-state index >= 15 is 0 Å². The van der Waals surface area contributed by atoms with Crippen molar-refractivity contribution >= 4 is 21.4 Å². The van der Waals surface area contributed by atoms with Gasteiger partial charge < -0.3 is 9.72 Å². The number of aromatic amines is 1. The van der Waals surface area contributed by atoms with Gasteiger partial charge in [0.1, 0.15) is 0 Å². The van der Waals surface area contributed by atoms with E-state index in [2.05, 4.69) is 40.2 Å². The number of ether oxygens (including phenoxy) is 1. The van der Waals surface area contributed by atoms with E-state index in [1.54, 1.807) is 12.3 Å². The second kappa shape index (κ2) is 6.34. The number of nitrogens with one attached hydrogen (secondary N) is 1. The van der Waals surface area contributed by atoms with E-state index in [9.17, 15) is 4.79 Å². The van der Waals surface area contributed by atoms with E-state index in [0.717, 1.165) is 12.2 Å². The van der Waals surface area contributed by atoms with Gasteiger partial charge >= 0.3 is 0 Å². The summed E-state index contributed by atoms with van der Waals surface area (Å²) in [5, 5.41) is 1.29. The van der Waals surface area contributed by atoms with Crippen molar-refractivity contribution in [2.24, 2.45) is 0 Å². The van der Waals surface area contributed by atoms with Gasteiger partial charge in [-0.2, -0.15) is 0 Å². The van der Waals surface area contributed by atoms with Crippen LogP contribution in [0.2, 0.25) is 0 Å². The van der Waals surface area contributed by atoms with Gasteiger partial charge in [0.15, 0.2) is 5.75 Å². The van der Waals surface area contributed by atoms with Crippen molar-refractivity contribution in [1.82, 2.24) is 9.88 Å². The number of methoxy groups -OCH3 is 1. The van der Waals surface area contributed by atoms with Crippen LogP contribution in [0.5, 0.6) is 5.75 Å². The molecule has 1 N–H and O–H groups in total. The highest BCUT2D eigenvalue weighted by Crippen LogP contribution is 2.26. The molecule has 0 aliphatic heterocycles. The number of H-pyrrole nitrogens is 1. The molecule has 3 rings (SSSR count). The first-order valence-corrected chi connectivity index (χ1v) is 7.89. The van der Waals surface area contributed by atoms with Crippen LogP contribution in [-0.2, 0) is 13.1 Å². The zero-order chi connectivity index (χ0) is 15.5. The second-order valence-electron chi connectivity index (χ2n) is 5.31. The van der Waals surface area contributed by atoms with Crippen molar-refractivity contribution in [3.05, 3.63) is 63.4 Å². The molecular weight excluding hydrogens is 296 g/mol. The molecule has 0 spiro atoms. The van der Waals surface area contributed by atoms with E-state index < -0.39 is 0 Å². The Morgan fingerprint density at radius 3 is 2.77 bits per heavy atom. The molecule has 4 nitrogen and oxygen atoms in total. The molecule has 0 saturated carbocycles. The molecule has 3 aromatic rings. The molecule has 0 fully saturated rings.